The number of hydrogen-bond acceptors (Lipinski definition) is 2. The van der Waals surface area contributed by atoms with Crippen molar-refractivity contribution in [3.05, 3.63) is 0 Å². The molecule has 5 heteroatoms. The fraction of sp³-hybridized carbons (Fsp3) is 0.778. The van der Waals surface area contributed by atoms with Crippen LogP contribution < -0.4 is 11.1 Å². The number of carbonyl (C=O) groups excluding carboxylic acids is 1. The number of urea groups is 1. The number of rotatable bonds is 4. The van der Waals surface area contributed by atoms with Gasteiger partial charge in [0.2, 0.25) is 0 Å². The summed E-state index contributed by atoms with van der Waals surface area (Å²) in [7, 11) is 0. The van der Waals surface area contributed by atoms with E-state index in [1.54, 1.807) is 18.7 Å². The van der Waals surface area contributed by atoms with Gasteiger partial charge in [0.05, 0.1) is 10.5 Å². The number of nitrogens with one attached hydrogen (secondary N) is 1. The highest BCUT2D eigenvalue weighted by molar-refractivity contribution is 7.80. The van der Waals surface area contributed by atoms with Crippen molar-refractivity contribution in [3.8, 4) is 0 Å². The third kappa shape index (κ3) is 3.49. The SMILES string of the molecule is CCN(CC)C(=O)NC(C)(C)C(N)=S. The van der Waals surface area contributed by atoms with Crippen molar-refractivity contribution in [2.45, 2.75) is 33.2 Å². The Hall–Kier alpha value is -0.840. The normalized spacial score (nSPS) is 10.9. The third-order valence-corrected chi connectivity index (χ3v) is 2.60. The number of nitrogens with two attached hydrogens (primary N) is 1. The molecule has 0 atom stereocenters. The van der Waals surface area contributed by atoms with E-state index in [1.807, 2.05) is 13.8 Å². The summed E-state index contributed by atoms with van der Waals surface area (Å²) >= 11 is 4.85. The Labute approximate surface area is 90.8 Å². The van der Waals surface area contributed by atoms with E-state index in [2.05, 4.69) is 5.32 Å². The molecule has 0 aliphatic heterocycles. The predicted molar refractivity (Wildman–Crippen MR) is 62.3 cm³/mol. The van der Waals surface area contributed by atoms with Crippen LogP contribution in [0.3, 0.4) is 0 Å². The lowest BCUT2D eigenvalue weighted by Gasteiger charge is -2.29. The quantitative estimate of drug-likeness (QED) is 0.693. The standard InChI is InChI=1S/C9H19N3OS/c1-5-12(6-2)8(13)11-9(3,4)7(10)14/h5-6H2,1-4H3,(H2,10,14)(H,11,13). The van der Waals surface area contributed by atoms with Crippen molar-refractivity contribution in [3.63, 3.8) is 0 Å². The Bertz CT molecular complexity index is 224. The molecule has 0 bridgehead atoms. The lowest BCUT2D eigenvalue weighted by atomic mass is 10.1. The van der Waals surface area contributed by atoms with Crippen molar-refractivity contribution in [2.75, 3.05) is 13.1 Å². The zero-order valence-corrected chi connectivity index (χ0v) is 10.1. The lowest BCUT2D eigenvalue weighted by molar-refractivity contribution is 0.198. The van der Waals surface area contributed by atoms with Gasteiger partial charge in [-0.25, -0.2) is 4.79 Å². The Kier molecular flexibility index (Phi) is 4.83. The molecule has 0 heterocycles. The maximum Gasteiger partial charge on any atom is 0.318 e. The van der Waals surface area contributed by atoms with Crippen molar-refractivity contribution >= 4 is 23.2 Å². The van der Waals surface area contributed by atoms with E-state index < -0.39 is 5.54 Å². The van der Waals surface area contributed by atoms with E-state index in [0.29, 0.717) is 13.1 Å². The highest BCUT2D eigenvalue weighted by Gasteiger charge is 2.25. The molecule has 0 unspecified atom stereocenters. The van der Waals surface area contributed by atoms with Gasteiger partial charge >= 0.3 is 6.03 Å². The van der Waals surface area contributed by atoms with Gasteiger partial charge in [-0.2, -0.15) is 0 Å². The smallest absolute Gasteiger partial charge is 0.318 e. The van der Waals surface area contributed by atoms with E-state index >= 15 is 0 Å². The average Bonchev–Trinajstić information content (AvgIpc) is 2.05. The number of nitrogens with zero attached hydrogens (tertiary/aromatic N) is 1. The summed E-state index contributed by atoms with van der Waals surface area (Å²) in [6.45, 7) is 8.78. The van der Waals surface area contributed by atoms with Crippen LogP contribution in [-0.2, 0) is 0 Å². The highest BCUT2D eigenvalue weighted by atomic mass is 32.1. The second-order valence-corrected chi connectivity index (χ2v) is 4.03. The fourth-order valence-electron chi connectivity index (χ4n) is 0.919. The topological polar surface area (TPSA) is 58.4 Å². The van der Waals surface area contributed by atoms with Crippen molar-refractivity contribution in [2.24, 2.45) is 5.73 Å². The molecule has 4 nitrogen and oxygen atoms in total. The Morgan fingerprint density at radius 3 is 2.14 bits per heavy atom. The van der Waals surface area contributed by atoms with E-state index in [4.69, 9.17) is 18.0 Å². The summed E-state index contributed by atoms with van der Waals surface area (Å²) < 4.78 is 0. The van der Waals surface area contributed by atoms with Gasteiger partial charge in [-0.15, -0.1) is 0 Å². The van der Waals surface area contributed by atoms with Gasteiger partial charge in [0.1, 0.15) is 0 Å². The monoisotopic (exact) mass is 217 g/mol. The maximum absolute atomic E-state index is 11.6. The molecule has 0 aromatic carbocycles. The first-order valence-electron chi connectivity index (χ1n) is 4.72. The van der Waals surface area contributed by atoms with E-state index in [1.165, 1.54) is 0 Å². The van der Waals surface area contributed by atoms with Crippen LogP contribution in [0.5, 0.6) is 0 Å². The molecule has 0 aliphatic rings. The molecule has 0 fully saturated rings. The molecule has 0 aromatic heterocycles. The van der Waals surface area contributed by atoms with Crippen LogP contribution in [-0.4, -0.2) is 34.5 Å². The predicted octanol–water partition coefficient (Wildman–Crippen LogP) is 1.10. The van der Waals surface area contributed by atoms with Crippen molar-refractivity contribution in [1.82, 2.24) is 10.2 Å². The van der Waals surface area contributed by atoms with Crippen LogP contribution in [0.1, 0.15) is 27.7 Å². The van der Waals surface area contributed by atoms with Crippen molar-refractivity contribution in [1.29, 1.82) is 0 Å². The number of amides is 2. The van der Waals surface area contributed by atoms with Crippen LogP contribution in [0.4, 0.5) is 4.79 Å². The molecule has 0 aromatic rings. The summed E-state index contributed by atoms with van der Waals surface area (Å²) in [6, 6.07) is -0.132. The zero-order valence-electron chi connectivity index (χ0n) is 9.26. The molecular formula is C9H19N3OS. The molecule has 0 radical (unpaired) electrons. The molecule has 0 rings (SSSR count). The molecule has 0 saturated heterocycles. The molecule has 0 spiro atoms. The molecule has 2 amide bonds. The van der Waals surface area contributed by atoms with Crippen molar-refractivity contribution < 1.29 is 4.79 Å². The van der Waals surface area contributed by atoms with Crippen LogP contribution in [0.2, 0.25) is 0 Å². The maximum atomic E-state index is 11.6. The minimum atomic E-state index is -0.630. The molecular weight excluding hydrogens is 198 g/mol. The summed E-state index contributed by atoms with van der Waals surface area (Å²) in [4.78, 5) is 13.6. The Morgan fingerprint density at radius 2 is 1.86 bits per heavy atom. The van der Waals surface area contributed by atoms with Gasteiger partial charge in [0.25, 0.3) is 0 Å². The number of carbonyl (C=O) groups is 1. The Morgan fingerprint density at radius 1 is 1.43 bits per heavy atom. The second kappa shape index (κ2) is 5.14. The summed E-state index contributed by atoms with van der Waals surface area (Å²) in [5.41, 5.74) is 4.87. The highest BCUT2D eigenvalue weighted by Crippen LogP contribution is 2.03. The summed E-state index contributed by atoms with van der Waals surface area (Å²) in [5, 5.41) is 2.78. The van der Waals surface area contributed by atoms with Gasteiger partial charge in [-0.3, -0.25) is 0 Å². The van der Waals surface area contributed by atoms with Gasteiger partial charge in [0.15, 0.2) is 0 Å². The first-order valence-corrected chi connectivity index (χ1v) is 5.13. The zero-order chi connectivity index (χ0) is 11.4. The molecule has 0 aliphatic carbocycles. The largest absolute Gasteiger partial charge is 0.391 e. The van der Waals surface area contributed by atoms with Gasteiger partial charge < -0.3 is 16.0 Å². The first-order chi connectivity index (χ1) is 6.35. The van der Waals surface area contributed by atoms with Gasteiger partial charge in [-0.05, 0) is 27.7 Å². The molecule has 0 saturated carbocycles. The van der Waals surface area contributed by atoms with Gasteiger partial charge in [0, 0.05) is 13.1 Å². The van der Waals surface area contributed by atoms with E-state index in [0.717, 1.165) is 0 Å². The third-order valence-electron chi connectivity index (χ3n) is 2.09. The second-order valence-electron chi connectivity index (χ2n) is 3.59. The average molecular weight is 217 g/mol. The van der Waals surface area contributed by atoms with E-state index in [9.17, 15) is 4.79 Å². The van der Waals surface area contributed by atoms with Crippen LogP contribution in [0.25, 0.3) is 0 Å². The summed E-state index contributed by atoms with van der Waals surface area (Å²) in [5.74, 6) is 0. The van der Waals surface area contributed by atoms with E-state index in [-0.39, 0.29) is 11.0 Å². The van der Waals surface area contributed by atoms with Gasteiger partial charge in [-0.1, -0.05) is 12.2 Å². The minimum Gasteiger partial charge on any atom is -0.391 e. The summed E-state index contributed by atoms with van der Waals surface area (Å²) in [6.07, 6.45) is 0. The lowest BCUT2D eigenvalue weighted by Crippen LogP contribution is -2.55. The number of thiocarbonyl (C=S) groups is 1. The first kappa shape index (κ1) is 13.2. The van der Waals surface area contributed by atoms with Crippen LogP contribution in [0.15, 0.2) is 0 Å². The Balaban J connectivity index is 4.38. The minimum absolute atomic E-state index is 0.132. The molecule has 3 N–H and O–H groups in total. The molecule has 82 valence electrons. The fourth-order valence-corrected chi connectivity index (χ4v) is 0.970. The number of hydrogen-bond donors (Lipinski definition) is 2. The van der Waals surface area contributed by atoms with Crippen LogP contribution in [0, 0.1) is 0 Å². The van der Waals surface area contributed by atoms with Crippen LogP contribution >= 0.6 is 12.2 Å². The molecule has 14 heavy (non-hydrogen) atoms.